The van der Waals surface area contributed by atoms with Gasteiger partial charge in [0.05, 0.1) is 12.6 Å². The molecule has 0 saturated carbocycles. The van der Waals surface area contributed by atoms with Crippen molar-refractivity contribution in [3.63, 3.8) is 0 Å². The van der Waals surface area contributed by atoms with Gasteiger partial charge in [0.2, 0.25) is 5.91 Å². The molecule has 0 aliphatic carbocycles. The molecule has 1 atom stereocenters. The summed E-state index contributed by atoms with van der Waals surface area (Å²) in [6.07, 6.45) is 2.33. The number of benzene rings is 1. The minimum absolute atomic E-state index is 0.0182. The zero-order valence-electron chi connectivity index (χ0n) is 12.3. The number of carbonyl (C=O) groups excluding carboxylic acids is 1. The minimum Gasteiger partial charge on any atom is -0.343 e. The van der Waals surface area contributed by atoms with Crippen molar-refractivity contribution in [3.8, 4) is 0 Å². The van der Waals surface area contributed by atoms with E-state index in [1.165, 1.54) is 25.0 Å². The second kappa shape index (κ2) is 7.03. The lowest BCUT2D eigenvalue weighted by Gasteiger charge is -2.20. The lowest BCUT2D eigenvalue weighted by Crippen LogP contribution is -2.37. The van der Waals surface area contributed by atoms with Gasteiger partial charge in [-0.05, 0) is 55.1 Å². The molecule has 1 aromatic heterocycles. The van der Waals surface area contributed by atoms with Crippen LogP contribution in [0.3, 0.4) is 0 Å². The highest BCUT2D eigenvalue weighted by molar-refractivity contribution is 7.10. The molecule has 3 nitrogen and oxygen atoms in total. The summed E-state index contributed by atoms with van der Waals surface area (Å²) in [5.74, 6) is -0.248. The molecule has 0 unspecified atom stereocenters. The summed E-state index contributed by atoms with van der Waals surface area (Å²) in [6.45, 7) is 2.42. The summed E-state index contributed by atoms with van der Waals surface area (Å²) in [5, 5.41) is 5.07. The van der Waals surface area contributed by atoms with Gasteiger partial charge in [0.15, 0.2) is 0 Å². The van der Waals surface area contributed by atoms with E-state index in [1.54, 1.807) is 23.5 Å². The zero-order valence-corrected chi connectivity index (χ0v) is 13.1. The molecular formula is C17H19FN2OS. The number of thiophene rings is 1. The van der Waals surface area contributed by atoms with Gasteiger partial charge >= 0.3 is 0 Å². The van der Waals surface area contributed by atoms with Gasteiger partial charge in [0.1, 0.15) is 5.82 Å². The fraction of sp³-hybridized carbons (Fsp3) is 0.353. The van der Waals surface area contributed by atoms with Gasteiger partial charge in [-0.15, -0.1) is 11.3 Å². The molecule has 1 amide bonds. The number of likely N-dealkylation sites (tertiary alicyclic amines) is 1. The molecule has 1 aromatic carbocycles. The van der Waals surface area contributed by atoms with E-state index in [0.717, 1.165) is 23.5 Å². The van der Waals surface area contributed by atoms with Crippen molar-refractivity contribution in [2.24, 2.45) is 0 Å². The number of amides is 1. The second-order valence-electron chi connectivity index (χ2n) is 5.55. The Hall–Kier alpha value is -1.72. The Balaban J connectivity index is 1.74. The molecule has 2 aromatic rings. The molecule has 1 fully saturated rings. The van der Waals surface area contributed by atoms with E-state index in [2.05, 4.69) is 10.2 Å². The van der Waals surface area contributed by atoms with Gasteiger partial charge in [-0.2, -0.15) is 0 Å². The summed E-state index contributed by atoms with van der Waals surface area (Å²) >= 11 is 1.59. The highest BCUT2D eigenvalue weighted by Crippen LogP contribution is 2.26. The summed E-state index contributed by atoms with van der Waals surface area (Å²) < 4.78 is 13.1. The number of nitrogens with zero attached hydrogens (tertiary/aromatic N) is 1. The van der Waals surface area contributed by atoms with Gasteiger partial charge in [0.25, 0.3) is 0 Å². The smallest absolute Gasteiger partial charge is 0.234 e. The van der Waals surface area contributed by atoms with Crippen LogP contribution in [0.2, 0.25) is 0 Å². The molecule has 22 heavy (non-hydrogen) atoms. The average molecular weight is 318 g/mol. The first kappa shape index (κ1) is 15.2. The van der Waals surface area contributed by atoms with Crippen molar-refractivity contribution in [2.75, 3.05) is 19.6 Å². The van der Waals surface area contributed by atoms with Crippen LogP contribution in [0.1, 0.15) is 29.3 Å². The molecule has 0 bridgehead atoms. The summed E-state index contributed by atoms with van der Waals surface area (Å²) in [6, 6.07) is 10.1. The van der Waals surface area contributed by atoms with Crippen LogP contribution in [-0.4, -0.2) is 30.4 Å². The average Bonchev–Trinajstić information content (AvgIpc) is 3.19. The standard InChI is InChI=1S/C17H19FN2OS/c18-14-7-5-13(6-8-14)17(15-4-3-11-22-15)19-16(21)12-20-9-1-2-10-20/h3-8,11,17H,1-2,9-10,12H2,(H,19,21)/t17-/m1/s1. The Morgan fingerprint density at radius 1 is 1.23 bits per heavy atom. The minimum atomic E-state index is -0.267. The van der Waals surface area contributed by atoms with E-state index in [0.29, 0.717) is 6.54 Å². The summed E-state index contributed by atoms with van der Waals surface area (Å²) in [4.78, 5) is 15.6. The molecule has 1 saturated heterocycles. The van der Waals surface area contributed by atoms with Gasteiger partial charge in [-0.3, -0.25) is 9.69 Å². The fourth-order valence-corrected chi connectivity index (χ4v) is 3.58. The number of halogens is 1. The van der Waals surface area contributed by atoms with E-state index in [4.69, 9.17) is 0 Å². The molecule has 1 aliphatic heterocycles. The van der Waals surface area contributed by atoms with Crippen molar-refractivity contribution in [1.82, 2.24) is 10.2 Å². The highest BCUT2D eigenvalue weighted by Gasteiger charge is 2.20. The molecule has 0 radical (unpaired) electrons. The topological polar surface area (TPSA) is 32.3 Å². The van der Waals surface area contributed by atoms with Crippen molar-refractivity contribution in [1.29, 1.82) is 0 Å². The van der Waals surface area contributed by atoms with Crippen molar-refractivity contribution in [2.45, 2.75) is 18.9 Å². The van der Waals surface area contributed by atoms with Crippen molar-refractivity contribution in [3.05, 3.63) is 58.0 Å². The predicted molar refractivity (Wildman–Crippen MR) is 86.4 cm³/mol. The van der Waals surface area contributed by atoms with E-state index >= 15 is 0 Å². The monoisotopic (exact) mass is 318 g/mol. The molecular weight excluding hydrogens is 299 g/mol. The van der Waals surface area contributed by atoms with Gasteiger partial charge in [0, 0.05) is 4.88 Å². The van der Waals surface area contributed by atoms with E-state index < -0.39 is 0 Å². The van der Waals surface area contributed by atoms with E-state index in [9.17, 15) is 9.18 Å². The maximum Gasteiger partial charge on any atom is 0.234 e. The first-order chi connectivity index (χ1) is 10.7. The van der Waals surface area contributed by atoms with Gasteiger partial charge in [-0.25, -0.2) is 4.39 Å². The molecule has 116 valence electrons. The first-order valence-corrected chi connectivity index (χ1v) is 8.41. The second-order valence-corrected chi connectivity index (χ2v) is 6.53. The van der Waals surface area contributed by atoms with Crippen LogP contribution in [0.4, 0.5) is 4.39 Å². The van der Waals surface area contributed by atoms with Gasteiger partial charge in [-0.1, -0.05) is 18.2 Å². The third kappa shape index (κ3) is 3.72. The van der Waals surface area contributed by atoms with Crippen LogP contribution < -0.4 is 5.32 Å². The Morgan fingerprint density at radius 2 is 1.95 bits per heavy atom. The lowest BCUT2D eigenvalue weighted by atomic mass is 10.1. The number of nitrogens with one attached hydrogen (secondary N) is 1. The fourth-order valence-electron chi connectivity index (χ4n) is 2.78. The van der Waals surface area contributed by atoms with Crippen LogP contribution in [0.25, 0.3) is 0 Å². The van der Waals surface area contributed by atoms with Crippen LogP contribution in [0, 0.1) is 5.82 Å². The SMILES string of the molecule is O=C(CN1CCCC1)N[C@H](c1ccc(F)cc1)c1cccs1. The highest BCUT2D eigenvalue weighted by atomic mass is 32.1. The first-order valence-electron chi connectivity index (χ1n) is 7.53. The molecule has 3 rings (SSSR count). The molecule has 1 aliphatic rings. The summed E-state index contributed by atoms with van der Waals surface area (Å²) in [7, 11) is 0. The molecule has 2 heterocycles. The van der Waals surface area contributed by atoms with Crippen molar-refractivity contribution < 1.29 is 9.18 Å². The van der Waals surface area contributed by atoms with Crippen molar-refractivity contribution >= 4 is 17.2 Å². The third-order valence-electron chi connectivity index (χ3n) is 3.90. The predicted octanol–water partition coefficient (Wildman–Crippen LogP) is 3.19. The maximum absolute atomic E-state index is 13.1. The summed E-state index contributed by atoms with van der Waals surface area (Å²) in [5.41, 5.74) is 0.902. The Morgan fingerprint density at radius 3 is 2.59 bits per heavy atom. The number of rotatable bonds is 5. The van der Waals surface area contributed by atoms with Crippen LogP contribution in [-0.2, 0) is 4.79 Å². The van der Waals surface area contributed by atoms with E-state index in [-0.39, 0.29) is 17.8 Å². The largest absolute Gasteiger partial charge is 0.343 e. The zero-order chi connectivity index (χ0) is 15.4. The quantitative estimate of drug-likeness (QED) is 0.918. The van der Waals surface area contributed by atoms with Gasteiger partial charge < -0.3 is 5.32 Å². The van der Waals surface area contributed by atoms with Crippen LogP contribution in [0.5, 0.6) is 0 Å². The Labute approximate surface area is 133 Å². The number of carbonyl (C=O) groups is 1. The van der Waals surface area contributed by atoms with E-state index in [1.807, 2.05) is 17.5 Å². The third-order valence-corrected chi connectivity index (χ3v) is 4.84. The lowest BCUT2D eigenvalue weighted by molar-refractivity contribution is -0.122. The maximum atomic E-state index is 13.1. The molecule has 1 N–H and O–H groups in total. The number of hydrogen-bond acceptors (Lipinski definition) is 3. The Bertz CT molecular complexity index is 606. The number of hydrogen-bond donors (Lipinski definition) is 1. The molecule has 5 heteroatoms. The normalized spacial score (nSPS) is 16.6. The molecule has 0 spiro atoms. The van der Waals surface area contributed by atoms with Crippen LogP contribution in [0.15, 0.2) is 41.8 Å². The Kier molecular flexibility index (Phi) is 4.85. The van der Waals surface area contributed by atoms with Crippen LogP contribution >= 0.6 is 11.3 Å².